The van der Waals surface area contributed by atoms with Gasteiger partial charge in [-0.2, -0.15) is 0 Å². The van der Waals surface area contributed by atoms with Gasteiger partial charge in [0, 0.05) is 18.4 Å². The first-order valence-corrected chi connectivity index (χ1v) is 6.58. The Morgan fingerprint density at radius 3 is 2.79 bits per heavy atom. The fourth-order valence-corrected chi connectivity index (χ4v) is 2.27. The number of rotatable bonds is 5. The first-order valence-electron chi connectivity index (χ1n) is 6.58. The lowest BCUT2D eigenvalue weighted by atomic mass is 9.98. The Hall–Kier alpha value is -1.74. The average molecular weight is 258 g/mol. The van der Waals surface area contributed by atoms with Gasteiger partial charge in [0.05, 0.1) is 0 Å². The van der Waals surface area contributed by atoms with Crippen LogP contribution in [0.4, 0.5) is 4.39 Å². The molecule has 0 fully saturated rings. The Bertz CT molecular complexity index is 505. The molecule has 1 N–H and O–H groups in total. The summed E-state index contributed by atoms with van der Waals surface area (Å²) in [6.07, 6.45) is 4.43. The van der Waals surface area contributed by atoms with Crippen LogP contribution in [-0.4, -0.2) is 11.5 Å². The molecule has 0 radical (unpaired) electrons. The van der Waals surface area contributed by atoms with E-state index in [1.807, 2.05) is 31.3 Å². The molecule has 19 heavy (non-hydrogen) atoms. The molecule has 0 spiro atoms. The maximum Gasteiger partial charge on any atom is 0.123 e. The van der Waals surface area contributed by atoms with E-state index in [1.165, 1.54) is 0 Å². The quantitative estimate of drug-likeness (QED) is 0.888. The highest BCUT2D eigenvalue weighted by molar-refractivity contribution is 5.28. The second kappa shape index (κ2) is 6.43. The Morgan fingerprint density at radius 2 is 2.16 bits per heavy atom. The minimum atomic E-state index is -0.177. The van der Waals surface area contributed by atoms with Gasteiger partial charge in [-0.3, -0.25) is 4.98 Å². The van der Waals surface area contributed by atoms with Crippen LogP contribution >= 0.6 is 0 Å². The van der Waals surface area contributed by atoms with Gasteiger partial charge < -0.3 is 5.32 Å². The number of aryl methyl sites for hydroxylation is 1. The number of hydrogen-bond acceptors (Lipinski definition) is 2. The fraction of sp³-hybridized carbons (Fsp3) is 0.312. The molecule has 3 heteroatoms. The molecule has 0 aliphatic heterocycles. The minimum absolute atomic E-state index is 0.114. The summed E-state index contributed by atoms with van der Waals surface area (Å²) in [6, 6.07) is 9.28. The Balaban J connectivity index is 2.24. The zero-order chi connectivity index (χ0) is 13.7. The predicted molar refractivity (Wildman–Crippen MR) is 75.5 cm³/mol. The molecule has 1 aromatic carbocycles. The van der Waals surface area contributed by atoms with Crippen molar-refractivity contribution in [3.05, 3.63) is 65.2 Å². The smallest absolute Gasteiger partial charge is 0.123 e. The van der Waals surface area contributed by atoms with E-state index >= 15 is 0 Å². The summed E-state index contributed by atoms with van der Waals surface area (Å²) in [4.78, 5) is 4.12. The third kappa shape index (κ3) is 3.86. The normalized spacial score (nSPS) is 12.4. The molecule has 2 aromatic rings. The van der Waals surface area contributed by atoms with Gasteiger partial charge in [0.25, 0.3) is 0 Å². The molecule has 0 bridgehead atoms. The van der Waals surface area contributed by atoms with Crippen molar-refractivity contribution in [1.29, 1.82) is 0 Å². The molecule has 2 nitrogen and oxygen atoms in total. The van der Waals surface area contributed by atoms with Gasteiger partial charge in [0.1, 0.15) is 5.82 Å². The van der Waals surface area contributed by atoms with Crippen molar-refractivity contribution in [3.63, 3.8) is 0 Å². The van der Waals surface area contributed by atoms with E-state index < -0.39 is 0 Å². The third-order valence-corrected chi connectivity index (χ3v) is 3.08. The van der Waals surface area contributed by atoms with Crippen LogP contribution in [0.15, 0.2) is 42.7 Å². The topological polar surface area (TPSA) is 24.9 Å². The molecule has 1 aromatic heterocycles. The summed E-state index contributed by atoms with van der Waals surface area (Å²) >= 11 is 0. The van der Waals surface area contributed by atoms with Gasteiger partial charge in [-0.25, -0.2) is 4.39 Å². The van der Waals surface area contributed by atoms with E-state index in [0.717, 1.165) is 29.7 Å². The zero-order valence-electron chi connectivity index (χ0n) is 11.4. The summed E-state index contributed by atoms with van der Waals surface area (Å²) in [5.74, 6) is -0.177. The maximum atomic E-state index is 13.5. The molecule has 0 aliphatic rings. The Labute approximate surface area is 113 Å². The number of aromatic nitrogens is 1. The molecule has 1 heterocycles. The Kier molecular flexibility index (Phi) is 4.63. The summed E-state index contributed by atoms with van der Waals surface area (Å²) in [7, 11) is 0. The molecular weight excluding hydrogens is 239 g/mol. The van der Waals surface area contributed by atoms with E-state index in [-0.39, 0.29) is 11.9 Å². The van der Waals surface area contributed by atoms with Gasteiger partial charge in [-0.1, -0.05) is 19.1 Å². The maximum absolute atomic E-state index is 13.5. The van der Waals surface area contributed by atoms with Gasteiger partial charge >= 0.3 is 0 Å². The van der Waals surface area contributed by atoms with Crippen LogP contribution in [-0.2, 0) is 6.42 Å². The lowest BCUT2D eigenvalue weighted by molar-refractivity contribution is 0.541. The minimum Gasteiger partial charge on any atom is -0.310 e. The second-order valence-corrected chi connectivity index (χ2v) is 4.74. The summed E-state index contributed by atoms with van der Waals surface area (Å²) < 4.78 is 13.5. The molecule has 2 rings (SSSR count). The largest absolute Gasteiger partial charge is 0.310 e. The van der Waals surface area contributed by atoms with Crippen molar-refractivity contribution in [2.24, 2.45) is 0 Å². The SMILES string of the molecule is CCNC(Cc1cccnc1)c1cc(C)cc(F)c1. The van der Waals surface area contributed by atoms with Crippen molar-refractivity contribution in [1.82, 2.24) is 10.3 Å². The molecule has 0 aliphatic carbocycles. The number of benzene rings is 1. The fourth-order valence-electron chi connectivity index (χ4n) is 2.27. The average Bonchev–Trinajstić information content (AvgIpc) is 2.38. The van der Waals surface area contributed by atoms with Crippen LogP contribution in [0.1, 0.15) is 29.7 Å². The van der Waals surface area contributed by atoms with Crippen molar-refractivity contribution >= 4 is 0 Å². The molecule has 0 amide bonds. The molecular formula is C16H19FN2. The monoisotopic (exact) mass is 258 g/mol. The van der Waals surface area contributed by atoms with Crippen LogP contribution in [0.3, 0.4) is 0 Å². The Morgan fingerprint density at radius 1 is 1.32 bits per heavy atom. The van der Waals surface area contributed by atoms with Crippen molar-refractivity contribution in [3.8, 4) is 0 Å². The van der Waals surface area contributed by atoms with E-state index in [0.29, 0.717) is 0 Å². The van der Waals surface area contributed by atoms with Crippen molar-refractivity contribution < 1.29 is 4.39 Å². The lowest BCUT2D eigenvalue weighted by Gasteiger charge is -2.19. The van der Waals surface area contributed by atoms with Crippen LogP contribution in [0, 0.1) is 12.7 Å². The highest BCUT2D eigenvalue weighted by Gasteiger charge is 2.12. The zero-order valence-corrected chi connectivity index (χ0v) is 11.4. The van der Waals surface area contributed by atoms with Crippen LogP contribution in [0.25, 0.3) is 0 Å². The van der Waals surface area contributed by atoms with Gasteiger partial charge in [-0.15, -0.1) is 0 Å². The number of hydrogen-bond donors (Lipinski definition) is 1. The van der Waals surface area contributed by atoms with E-state index in [1.54, 1.807) is 18.3 Å². The summed E-state index contributed by atoms with van der Waals surface area (Å²) in [5, 5.41) is 3.41. The van der Waals surface area contributed by atoms with Crippen molar-refractivity contribution in [2.45, 2.75) is 26.3 Å². The van der Waals surface area contributed by atoms with Crippen LogP contribution in [0.2, 0.25) is 0 Å². The van der Waals surface area contributed by atoms with Gasteiger partial charge in [0.15, 0.2) is 0 Å². The van der Waals surface area contributed by atoms with E-state index in [4.69, 9.17) is 0 Å². The number of pyridine rings is 1. The summed E-state index contributed by atoms with van der Waals surface area (Å²) in [6.45, 7) is 4.82. The predicted octanol–water partition coefficient (Wildman–Crippen LogP) is 3.42. The number of nitrogens with zero attached hydrogens (tertiary/aromatic N) is 1. The van der Waals surface area contributed by atoms with Gasteiger partial charge in [-0.05, 0) is 54.8 Å². The second-order valence-electron chi connectivity index (χ2n) is 4.74. The first-order chi connectivity index (χ1) is 9.19. The summed E-state index contributed by atoms with van der Waals surface area (Å²) in [5.41, 5.74) is 3.09. The lowest BCUT2D eigenvalue weighted by Crippen LogP contribution is -2.23. The molecule has 1 atom stereocenters. The number of nitrogens with one attached hydrogen (secondary N) is 1. The first kappa shape index (κ1) is 13.7. The molecule has 1 unspecified atom stereocenters. The molecule has 0 saturated heterocycles. The highest BCUT2D eigenvalue weighted by Crippen LogP contribution is 2.20. The van der Waals surface area contributed by atoms with Crippen LogP contribution < -0.4 is 5.32 Å². The highest BCUT2D eigenvalue weighted by atomic mass is 19.1. The number of likely N-dealkylation sites (N-methyl/N-ethyl adjacent to an activating group) is 1. The van der Waals surface area contributed by atoms with Gasteiger partial charge in [0.2, 0.25) is 0 Å². The molecule has 0 saturated carbocycles. The standard InChI is InChI=1S/C16H19FN2/c1-3-19-16(9-13-5-4-6-18-11-13)14-7-12(2)8-15(17)10-14/h4-8,10-11,16,19H,3,9H2,1-2H3. The van der Waals surface area contributed by atoms with E-state index in [9.17, 15) is 4.39 Å². The van der Waals surface area contributed by atoms with E-state index in [2.05, 4.69) is 17.2 Å². The third-order valence-electron chi connectivity index (χ3n) is 3.08. The molecule has 100 valence electrons. The van der Waals surface area contributed by atoms with Crippen LogP contribution in [0.5, 0.6) is 0 Å². The van der Waals surface area contributed by atoms with Crippen molar-refractivity contribution in [2.75, 3.05) is 6.54 Å². The number of halogens is 1.